The number of hydrogen-bond donors (Lipinski definition) is 2. The van der Waals surface area contributed by atoms with Crippen molar-refractivity contribution in [3.05, 3.63) is 94.8 Å². The highest BCUT2D eigenvalue weighted by atomic mass is 35.5. The van der Waals surface area contributed by atoms with Gasteiger partial charge < -0.3 is 10.6 Å². The lowest BCUT2D eigenvalue weighted by atomic mass is 10.1. The molecule has 2 N–H and O–H groups in total. The molecule has 0 spiro atoms. The molecule has 0 aliphatic carbocycles. The minimum Gasteiger partial charge on any atom is -0.348 e. The second kappa shape index (κ2) is 8.27. The molecular weight excluding hydrogens is 350 g/mol. The van der Waals surface area contributed by atoms with Crippen molar-refractivity contribution < 1.29 is 9.59 Å². The van der Waals surface area contributed by atoms with Crippen molar-refractivity contribution in [2.45, 2.75) is 6.54 Å². The lowest BCUT2D eigenvalue weighted by Crippen LogP contribution is -2.22. The molecule has 1 heterocycles. The minimum absolute atomic E-state index is 0.211. The lowest BCUT2D eigenvalue weighted by molar-refractivity contribution is 0.0950. The number of nitrogens with one attached hydrogen (secondary N) is 2. The van der Waals surface area contributed by atoms with E-state index in [0.29, 0.717) is 28.4 Å². The summed E-state index contributed by atoms with van der Waals surface area (Å²) in [5.41, 5.74) is 2.49. The molecule has 0 radical (unpaired) electrons. The smallest absolute Gasteiger partial charge is 0.257 e. The Hall–Kier alpha value is -3.18. The first kappa shape index (κ1) is 17.6. The van der Waals surface area contributed by atoms with Crippen LogP contribution in [0.1, 0.15) is 26.3 Å². The quantitative estimate of drug-likeness (QED) is 0.720. The number of nitrogens with zero attached hydrogens (tertiary/aromatic N) is 1. The number of pyridine rings is 1. The van der Waals surface area contributed by atoms with Crippen LogP contribution in [0.15, 0.2) is 73.1 Å². The van der Waals surface area contributed by atoms with Gasteiger partial charge in [0.1, 0.15) is 0 Å². The van der Waals surface area contributed by atoms with Crippen molar-refractivity contribution >= 4 is 29.1 Å². The molecule has 0 fully saturated rings. The van der Waals surface area contributed by atoms with Crippen molar-refractivity contribution in [2.24, 2.45) is 0 Å². The highest BCUT2D eigenvalue weighted by molar-refractivity contribution is 6.30. The van der Waals surface area contributed by atoms with Crippen LogP contribution in [0.3, 0.4) is 0 Å². The van der Waals surface area contributed by atoms with Crippen molar-refractivity contribution in [3.8, 4) is 0 Å². The lowest BCUT2D eigenvalue weighted by Gasteiger charge is -2.09. The van der Waals surface area contributed by atoms with E-state index in [2.05, 4.69) is 15.6 Å². The summed E-state index contributed by atoms with van der Waals surface area (Å²) >= 11 is 5.90. The van der Waals surface area contributed by atoms with Crippen LogP contribution in [0.2, 0.25) is 5.02 Å². The number of amides is 2. The minimum atomic E-state index is -0.238. The van der Waals surface area contributed by atoms with Crippen LogP contribution in [-0.2, 0) is 6.54 Å². The summed E-state index contributed by atoms with van der Waals surface area (Å²) in [6, 6.07) is 17.4. The van der Waals surface area contributed by atoms with Crippen molar-refractivity contribution in [2.75, 3.05) is 5.32 Å². The van der Waals surface area contributed by atoms with Crippen LogP contribution >= 0.6 is 11.6 Å². The van der Waals surface area contributed by atoms with Gasteiger partial charge in [0.05, 0.1) is 5.56 Å². The van der Waals surface area contributed by atoms with E-state index in [0.717, 1.165) is 5.56 Å². The Morgan fingerprint density at radius 2 is 1.73 bits per heavy atom. The molecule has 6 heteroatoms. The van der Waals surface area contributed by atoms with Gasteiger partial charge in [-0.15, -0.1) is 0 Å². The Balaban J connectivity index is 1.62. The summed E-state index contributed by atoms with van der Waals surface area (Å²) in [5.74, 6) is -0.449. The Morgan fingerprint density at radius 1 is 0.923 bits per heavy atom. The molecule has 5 nitrogen and oxygen atoms in total. The maximum Gasteiger partial charge on any atom is 0.257 e. The van der Waals surface area contributed by atoms with Gasteiger partial charge >= 0.3 is 0 Å². The van der Waals surface area contributed by atoms with Crippen molar-refractivity contribution in [1.29, 1.82) is 0 Å². The fraction of sp³-hybridized carbons (Fsp3) is 0.0500. The zero-order chi connectivity index (χ0) is 18.4. The molecule has 0 saturated carbocycles. The van der Waals surface area contributed by atoms with Crippen LogP contribution in [0, 0.1) is 0 Å². The number of carbonyl (C=O) groups excluding carboxylic acids is 2. The SMILES string of the molecule is O=C(NCc1cccc(NC(=O)c2cccnc2)c1)c1cccc(Cl)c1. The molecule has 0 unspecified atom stereocenters. The summed E-state index contributed by atoms with van der Waals surface area (Å²) in [4.78, 5) is 28.3. The van der Waals surface area contributed by atoms with E-state index in [1.807, 2.05) is 18.2 Å². The molecule has 0 aliphatic rings. The average molecular weight is 366 g/mol. The maximum absolute atomic E-state index is 12.2. The van der Waals surface area contributed by atoms with Crippen molar-refractivity contribution in [1.82, 2.24) is 10.3 Å². The van der Waals surface area contributed by atoms with Crippen LogP contribution in [0.25, 0.3) is 0 Å². The van der Waals surface area contributed by atoms with Gasteiger partial charge in [-0.3, -0.25) is 14.6 Å². The van der Waals surface area contributed by atoms with Gasteiger partial charge in [-0.05, 0) is 48.0 Å². The maximum atomic E-state index is 12.2. The fourth-order valence-electron chi connectivity index (χ4n) is 2.37. The molecule has 2 amide bonds. The Morgan fingerprint density at radius 3 is 2.50 bits per heavy atom. The van der Waals surface area contributed by atoms with Gasteiger partial charge in [0.15, 0.2) is 0 Å². The monoisotopic (exact) mass is 365 g/mol. The normalized spacial score (nSPS) is 10.2. The standard InChI is InChI=1S/C20H16ClN3O2/c21-17-7-2-5-15(11-17)19(25)23-12-14-4-1-8-18(10-14)24-20(26)16-6-3-9-22-13-16/h1-11,13H,12H2,(H,23,25)(H,24,26). The average Bonchev–Trinajstić information content (AvgIpc) is 2.67. The van der Waals surface area contributed by atoms with E-state index >= 15 is 0 Å². The number of benzene rings is 2. The second-order valence-corrected chi connectivity index (χ2v) is 6.03. The molecule has 3 rings (SSSR count). The van der Waals surface area contributed by atoms with E-state index in [1.54, 1.807) is 48.7 Å². The Kier molecular flexibility index (Phi) is 5.61. The van der Waals surface area contributed by atoms with E-state index in [-0.39, 0.29) is 11.8 Å². The third-order valence-electron chi connectivity index (χ3n) is 3.65. The summed E-state index contributed by atoms with van der Waals surface area (Å²) in [7, 11) is 0. The van der Waals surface area contributed by atoms with Crippen LogP contribution in [0.5, 0.6) is 0 Å². The number of carbonyl (C=O) groups is 2. The molecule has 0 bridgehead atoms. The summed E-state index contributed by atoms with van der Waals surface area (Å²) in [6.45, 7) is 0.335. The van der Waals surface area contributed by atoms with Crippen molar-refractivity contribution in [3.63, 3.8) is 0 Å². The molecule has 26 heavy (non-hydrogen) atoms. The predicted octanol–water partition coefficient (Wildman–Crippen LogP) is 3.92. The molecule has 3 aromatic rings. The predicted molar refractivity (Wildman–Crippen MR) is 101 cm³/mol. The van der Waals surface area contributed by atoms with Crippen LogP contribution in [0.4, 0.5) is 5.69 Å². The van der Waals surface area contributed by atoms with Gasteiger partial charge in [0, 0.05) is 35.2 Å². The highest BCUT2D eigenvalue weighted by Gasteiger charge is 2.08. The first-order valence-electron chi connectivity index (χ1n) is 7.96. The summed E-state index contributed by atoms with van der Waals surface area (Å²) in [5, 5.41) is 6.16. The van der Waals surface area contributed by atoms with Gasteiger partial charge in [0.25, 0.3) is 11.8 Å². The van der Waals surface area contributed by atoms with E-state index in [9.17, 15) is 9.59 Å². The fourth-order valence-corrected chi connectivity index (χ4v) is 2.56. The van der Waals surface area contributed by atoms with Crippen LogP contribution in [-0.4, -0.2) is 16.8 Å². The summed E-state index contributed by atoms with van der Waals surface area (Å²) < 4.78 is 0. The zero-order valence-corrected chi connectivity index (χ0v) is 14.5. The van der Waals surface area contributed by atoms with Gasteiger partial charge in [-0.25, -0.2) is 0 Å². The zero-order valence-electron chi connectivity index (χ0n) is 13.8. The summed E-state index contributed by atoms with van der Waals surface area (Å²) in [6.07, 6.45) is 3.12. The Bertz CT molecular complexity index is 929. The number of aromatic nitrogens is 1. The Labute approximate surface area is 156 Å². The van der Waals surface area contributed by atoms with Crippen LogP contribution < -0.4 is 10.6 Å². The molecule has 0 saturated heterocycles. The third kappa shape index (κ3) is 4.68. The largest absolute Gasteiger partial charge is 0.348 e. The van der Waals surface area contributed by atoms with Gasteiger partial charge in [-0.1, -0.05) is 29.8 Å². The molecule has 130 valence electrons. The second-order valence-electron chi connectivity index (χ2n) is 5.59. The number of halogens is 1. The van der Waals surface area contributed by atoms with E-state index < -0.39 is 0 Å². The van der Waals surface area contributed by atoms with E-state index in [1.165, 1.54) is 6.20 Å². The molecule has 0 aliphatic heterocycles. The molecule has 2 aromatic carbocycles. The van der Waals surface area contributed by atoms with E-state index in [4.69, 9.17) is 11.6 Å². The molecule has 1 aromatic heterocycles. The molecule has 0 atom stereocenters. The molecular formula is C20H16ClN3O2. The van der Waals surface area contributed by atoms with Gasteiger partial charge in [-0.2, -0.15) is 0 Å². The number of anilines is 1. The third-order valence-corrected chi connectivity index (χ3v) is 3.88. The number of hydrogen-bond acceptors (Lipinski definition) is 3. The number of rotatable bonds is 5. The highest BCUT2D eigenvalue weighted by Crippen LogP contribution is 2.13. The van der Waals surface area contributed by atoms with Gasteiger partial charge in [0.2, 0.25) is 0 Å². The topological polar surface area (TPSA) is 71.1 Å². The first-order valence-corrected chi connectivity index (χ1v) is 8.34. The first-order chi connectivity index (χ1) is 12.6.